The summed E-state index contributed by atoms with van der Waals surface area (Å²) in [5, 5.41) is 10.1. The lowest BCUT2D eigenvalue weighted by Crippen LogP contribution is -2.39. The number of hydrogen-bond donors (Lipinski definition) is 1. The Bertz CT molecular complexity index is 198. The molecule has 4 atom stereocenters. The second kappa shape index (κ2) is 4.43. The smallest absolute Gasteiger partial charge is 0.122 e. The first-order valence-electron chi connectivity index (χ1n) is 5.63. The van der Waals surface area contributed by atoms with E-state index in [2.05, 4.69) is 13.8 Å². The summed E-state index contributed by atoms with van der Waals surface area (Å²) >= 11 is 0. The fraction of sp³-hybridized carbons (Fsp3) is 0.917. The van der Waals surface area contributed by atoms with Crippen LogP contribution in [-0.2, 0) is 4.79 Å². The minimum Gasteiger partial charge on any atom is -0.389 e. The van der Waals surface area contributed by atoms with E-state index in [0.29, 0.717) is 11.8 Å². The van der Waals surface area contributed by atoms with Crippen molar-refractivity contribution in [1.29, 1.82) is 0 Å². The van der Waals surface area contributed by atoms with E-state index in [9.17, 15) is 9.90 Å². The maximum Gasteiger partial charge on any atom is 0.122 e. The number of carbonyl (C=O) groups is 1. The maximum absolute atomic E-state index is 10.4. The molecule has 0 spiro atoms. The molecule has 0 amide bonds. The van der Waals surface area contributed by atoms with Crippen molar-refractivity contribution in [2.75, 3.05) is 0 Å². The summed E-state index contributed by atoms with van der Waals surface area (Å²) in [7, 11) is 0. The molecular weight excluding hydrogens is 176 g/mol. The molecule has 1 aliphatic carbocycles. The Labute approximate surface area is 86.7 Å². The number of aldehydes is 1. The van der Waals surface area contributed by atoms with Gasteiger partial charge in [-0.1, -0.05) is 20.3 Å². The highest BCUT2D eigenvalue weighted by Crippen LogP contribution is 2.39. The molecule has 4 unspecified atom stereocenters. The normalized spacial score (nSPS) is 37.6. The van der Waals surface area contributed by atoms with Crippen LogP contribution in [0.1, 0.15) is 46.5 Å². The molecule has 0 heterocycles. The molecule has 0 aromatic rings. The SMILES string of the molecule is CC1CCC(C(C)(O)CC=O)CC1C. The Kier molecular flexibility index (Phi) is 3.71. The fourth-order valence-corrected chi connectivity index (χ4v) is 2.45. The van der Waals surface area contributed by atoms with E-state index in [4.69, 9.17) is 0 Å². The van der Waals surface area contributed by atoms with Gasteiger partial charge in [0.1, 0.15) is 6.29 Å². The van der Waals surface area contributed by atoms with Crippen molar-refractivity contribution in [3.63, 3.8) is 0 Å². The minimum atomic E-state index is -0.782. The number of hydrogen-bond acceptors (Lipinski definition) is 2. The summed E-state index contributed by atoms with van der Waals surface area (Å²) in [4.78, 5) is 10.4. The van der Waals surface area contributed by atoms with Crippen LogP contribution in [0.25, 0.3) is 0 Å². The third kappa shape index (κ3) is 2.57. The summed E-state index contributed by atoms with van der Waals surface area (Å²) in [5.74, 6) is 1.74. The first-order valence-corrected chi connectivity index (χ1v) is 5.63. The van der Waals surface area contributed by atoms with Gasteiger partial charge in [-0.05, 0) is 37.5 Å². The topological polar surface area (TPSA) is 37.3 Å². The molecule has 0 bridgehead atoms. The molecule has 0 aromatic carbocycles. The van der Waals surface area contributed by atoms with Gasteiger partial charge in [-0.3, -0.25) is 0 Å². The maximum atomic E-state index is 10.4. The summed E-state index contributed by atoms with van der Waals surface area (Å²) < 4.78 is 0. The monoisotopic (exact) mass is 198 g/mol. The van der Waals surface area contributed by atoms with Gasteiger partial charge in [0.25, 0.3) is 0 Å². The summed E-state index contributed by atoms with van der Waals surface area (Å²) in [6.07, 6.45) is 4.41. The molecule has 1 N–H and O–H groups in total. The van der Waals surface area contributed by atoms with Gasteiger partial charge in [0.15, 0.2) is 0 Å². The van der Waals surface area contributed by atoms with Crippen molar-refractivity contribution in [3.8, 4) is 0 Å². The quantitative estimate of drug-likeness (QED) is 0.707. The second-order valence-corrected chi connectivity index (χ2v) is 5.19. The van der Waals surface area contributed by atoms with Crippen LogP contribution in [0.2, 0.25) is 0 Å². The van der Waals surface area contributed by atoms with Crippen LogP contribution in [0.15, 0.2) is 0 Å². The van der Waals surface area contributed by atoms with Crippen LogP contribution in [0.4, 0.5) is 0 Å². The average molecular weight is 198 g/mol. The molecule has 0 saturated heterocycles. The average Bonchev–Trinajstić information content (AvgIpc) is 2.09. The van der Waals surface area contributed by atoms with Gasteiger partial charge in [0.05, 0.1) is 5.60 Å². The van der Waals surface area contributed by atoms with Gasteiger partial charge in [-0.2, -0.15) is 0 Å². The van der Waals surface area contributed by atoms with E-state index in [1.54, 1.807) is 6.92 Å². The molecule has 0 aromatic heterocycles. The summed E-state index contributed by atoms with van der Waals surface area (Å²) in [6.45, 7) is 6.32. The van der Waals surface area contributed by atoms with Crippen LogP contribution >= 0.6 is 0 Å². The number of aliphatic hydroxyl groups is 1. The van der Waals surface area contributed by atoms with E-state index < -0.39 is 5.60 Å². The Morgan fingerprint density at radius 2 is 2.00 bits per heavy atom. The fourth-order valence-electron chi connectivity index (χ4n) is 2.45. The third-order valence-electron chi connectivity index (χ3n) is 3.97. The van der Waals surface area contributed by atoms with Crippen molar-refractivity contribution in [2.45, 2.75) is 52.1 Å². The van der Waals surface area contributed by atoms with E-state index in [-0.39, 0.29) is 6.42 Å². The summed E-state index contributed by atoms with van der Waals surface area (Å²) in [6, 6.07) is 0. The Morgan fingerprint density at radius 1 is 1.36 bits per heavy atom. The lowest BCUT2D eigenvalue weighted by Gasteiger charge is -2.39. The molecule has 0 aliphatic heterocycles. The number of carbonyl (C=O) groups excluding carboxylic acids is 1. The van der Waals surface area contributed by atoms with E-state index in [1.807, 2.05) is 0 Å². The van der Waals surface area contributed by atoms with Gasteiger partial charge < -0.3 is 9.90 Å². The van der Waals surface area contributed by atoms with E-state index >= 15 is 0 Å². The zero-order valence-corrected chi connectivity index (χ0v) is 9.49. The number of rotatable bonds is 3. The van der Waals surface area contributed by atoms with Crippen LogP contribution < -0.4 is 0 Å². The molecule has 1 aliphatic rings. The van der Waals surface area contributed by atoms with Gasteiger partial charge >= 0.3 is 0 Å². The standard InChI is InChI=1S/C12H22O2/c1-9-4-5-11(8-10(9)2)12(3,14)6-7-13/h7,9-11,14H,4-6,8H2,1-3H3. The molecule has 0 radical (unpaired) electrons. The first kappa shape index (κ1) is 11.7. The third-order valence-corrected chi connectivity index (χ3v) is 3.97. The molecule has 1 fully saturated rings. The van der Waals surface area contributed by atoms with Gasteiger partial charge in [0, 0.05) is 6.42 Å². The Morgan fingerprint density at radius 3 is 2.50 bits per heavy atom. The highest BCUT2D eigenvalue weighted by Gasteiger charge is 2.36. The van der Waals surface area contributed by atoms with Gasteiger partial charge in [-0.15, -0.1) is 0 Å². The molecule has 82 valence electrons. The lowest BCUT2D eigenvalue weighted by molar-refractivity contribution is -0.115. The minimum absolute atomic E-state index is 0.277. The zero-order chi connectivity index (χ0) is 10.8. The second-order valence-electron chi connectivity index (χ2n) is 5.19. The van der Waals surface area contributed by atoms with Crippen LogP contribution in [0.3, 0.4) is 0 Å². The van der Waals surface area contributed by atoms with Gasteiger partial charge in [-0.25, -0.2) is 0 Å². The predicted octanol–water partition coefficient (Wildman–Crippen LogP) is 2.40. The van der Waals surface area contributed by atoms with E-state index in [1.165, 1.54) is 6.42 Å². The Hall–Kier alpha value is -0.370. The largest absolute Gasteiger partial charge is 0.389 e. The lowest BCUT2D eigenvalue weighted by atomic mass is 9.69. The molecular formula is C12H22O2. The van der Waals surface area contributed by atoms with Crippen molar-refractivity contribution in [3.05, 3.63) is 0 Å². The highest BCUT2D eigenvalue weighted by molar-refractivity contribution is 5.51. The van der Waals surface area contributed by atoms with E-state index in [0.717, 1.165) is 25.0 Å². The molecule has 2 nitrogen and oxygen atoms in total. The zero-order valence-electron chi connectivity index (χ0n) is 9.49. The van der Waals surface area contributed by atoms with Crippen LogP contribution in [-0.4, -0.2) is 17.0 Å². The molecule has 14 heavy (non-hydrogen) atoms. The van der Waals surface area contributed by atoms with Crippen molar-refractivity contribution < 1.29 is 9.90 Å². The highest BCUT2D eigenvalue weighted by atomic mass is 16.3. The predicted molar refractivity (Wildman–Crippen MR) is 57.0 cm³/mol. The van der Waals surface area contributed by atoms with Crippen LogP contribution in [0.5, 0.6) is 0 Å². The van der Waals surface area contributed by atoms with Gasteiger partial charge in [0.2, 0.25) is 0 Å². The molecule has 1 rings (SSSR count). The van der Waals surface area contributed by atoms with Crippen molar-refractivity contribution >= 4 is 6.29 Å². The summed E-state index contributed by atoms with van der Waals surface area (Å²) in [5.41, 5.74) is -0.782. The Balaban J connectivity index is 2.57. The van der Waals surface area contributed by atoms with Crippen molar-refractivity contribution in [2.24, 2.45) is 17.8 Å². The molecule has 1 saturated carbocycles. The van der Waals surface area contributed by atoms with Crippen LogP contribution in [0, 0.1) is 17.8 Å². The molecule has 2 heteroatoms. The van der Waals surface area contributed by atoms with Crippen molar-refractivity contribution in [1.82, 2.24) is 0 Å². The first-order chi connectivity index (χ1) is 6.47.